The van der Waals surface area contributed by atoms with Crippen molar-refractivity contribution >= 4 is 29.1 Å². The Kier molecular flexibility index (Phi) is 6.40. The second-order valence-electron chi connectivity index (χ2n) is 8.04. The van der Waals surface area contributed by atoms with Crippen molar-refractivity contribution in [1.29, 1.82) is 0 Å². The van der Waals surface area contributed by atoms with E-state index in [-0.39, 0.29) is 28.8 Å². The summed E-state index contributed by atoms with van der Waals surface area (Å²) in [6.07, 6.45) is 0. The Balaban J connectivity index is 1.55. The highest BCUT2D eigenvalue weighted by atomic mass is 35.5. The van der Waals surface area contributed by atoms with Crippen LogP contribution in [0.1, 0.15) is 10.4 Å². The molecule has 0 fully saturated rings. The minimum atomic E-state index is -0.480. The summed E-state index contributed by atoms with van der Waals surface area (Å²) in [7, 11) is 0. The van der Waals surface area contributed by atoms with E-state index in [4.69, 9.17) is 16.0 Å². The lowest BCUT2D eigenvalue weighted by molar-refractivity contribution is -0.384. The van der Waals surface area contributed by atoms with Gasteiger partial charge in [0.1, 0.15) is 11.4 Å². The molecule has 0 saturated heterocycles. The summed E-state index contributed by atoms with van der Waals surface area (Å²) in [6.45, 7) is 0. The molecule has 0 aliphatic rings. The number of carbonyl (C=O) groups is 1. The topological polar surface area (TPSA) is 118 Å². The van der Waals surface area contributed by atoms with Crippen LogP contribution in [0.4, 0.5) is 11.6 Å². The number of oxazole rings is 1. The van der Waals surface area contributed by atoms with E-state index in [1.807, 2.05) is 0 Å². The molecule has 0 unspecified atom stereocenters. The van der Waals surface area contributed by atoms with Gasteiger partial charge in [-0.3, -0.25) is 20.2 Å². The zero-order chi connectivity index (χ0) is 25.9. The van der Waals surface area contributed by atoms with Gasteiger partial charge in [-0.05, 0) is 41.5 Å². The molecule has 0 aliphatic carbocycles. The standard InChI is InChI=1S/C28H18ClN3O5/c29-23-12-5-4-11-21(23)25-28(31-26(34)17-7-2-1-3-8-17)37-27(30-25)22-14-13-19(16-24(22)33)18-9-6-10-20(15-18)32(35)36/h1-16,33H,(H,31,34). The Labute approximate surface area is 216 Å². The highest BCUT2D eigenvalue weighted by molar-refractivity contribution is 6.33. The summed E-state index contributed by atoms with van der Waals surface area (Å²) < 4.78 is 5.93. The van der Waals surface area contributed by atoms with Crippen molar-refractivity contribution in [2.75, 3.05) is 5.32 Å². The normalized spacial score (nSPS) is 10.7. The fraction of sp³-hybridized carbons (Fsp3) is 0. The average Bonchev–Trinajstić information content (AvgIpc) is 3.32. The number of aromatic hydroxyl groups is 1. The lowest BCUT2D eigenvalue weighted by atomic mass is 10.0. The van der Waals surface area contributed by atoms with Crippen molar-refractivity contribution in [3.8, 4) is 39.6 Å². The molecular formula is C28H18ClN3O5. The average molecular weight is 512 g/mol. The van der Waals surface area contributed by atoms with Gasteiger partial charge in [0.2, 0.25) is 11.8 Å². The molecule has 5 rings (SSSR count). The Morgan fingerprint density at radius 2 is 1.62 bits per heavy atom. The minimum absolute atomic E-state index is 0.0568. The van der Waals surface area contributed by atoms with Crippen LogP contribution in [0.5, 0.6) is 5.75 Å². The van der Waals surface area contributed by atoms with Gasteiger partial charge in [0.05, 0.1) is 15.5 Å². The van der Waals surface area contributed by atoms with Crippen molar-refractivity contribution < 1.29 is 19.2 Å². The number of anilines is 1. The highest BCUT2D eigenvalue weighted by Gasteiger charge is 2.22. The molecule has 1 heterocycles. The van der Waals surface area contributed by atoms with Crippen molar-refractivity contribution in [2.24, 2.45) is 0 Å². The van der Waals surface area contributed by atoms with E-state index in [0.717, 1.165) is 0 Å². The van der Waals surface area contributed by atoms with Gasteiger partial charge in [0.25, 0.3) is 11.6 Å². The van der Waals surface area contributed by atoms with Gasteiger partial charge in [-0.25, -0.2) is 4.98 Å². The van der Waals surface area contributed by atoms with Gasteiger partial charge < -0.3 is 9.52 Å². The Hall–Kier alpha value is -4.95. The number of hydrogen-bond acceptors (Lipinski definition) is 6. The number of nitro groups is 1. The van der Waals surface area contributed by atoms with Crippen LogP contribution in [0, 0.1) is 10.1 Å². The van der Waals surface area contributed by atoms with Crippen LogP contribution >= 0.6 is 11.6 Å². The van der Waals surface area contributed by atoms with Crippen LogP contribution in [0.25, 0.3) is 33.8 Å². The Morgan fingerprint density at radius 1 is 0.892 bits per heavy atom. The van der Waals surface area contributed by atoms with Crippen LogP contribution in [0.2, 0.25) is 5.02 Å². The smallest absolute Gasteiger partial charge is 0.270 e. The summed E-state index contributed by atoms with van der Waals surface area (Å²) in [5.74, 6) is -0.431. The number of non-ortho nitro benzene ring substituents is 1. The third kappa shape index (κ3) is 4.91. The van der Waals surface area contributed by atoms with Gasteiger partial charge in [0.15, 0.2) is 0 Å². The maximum Gasteiger partial charge on any atom is 0.270 e. The molecule has 1 amide bonds. The maximum absolute atomic E-state index is 12.8. The largest absolute Gasteiger partial charge is 0.507 e. The molecule has 37 heavy (non-hydrogen) atoms. The Bertz CT molecular complexity index is 1630. The number of aromatic nitrogens is 1. The van der Waals surface area contributed by atoms with Gasteiger partial charge in [-0.2, -0.15) is 0 Å². The first-order chi connectivity index (χ1) is 17.9. The van der Waals surface area contributed by atoms with E-state index in [1.54, 1.807) is 78.9 Å². The highest BCUT2D eigenvalue weighted by Crippen LogP contribution is 2.40. The fourth-order valence-corrected chi connectivity index (χ4v) is 4.04. The second kappa shape index (κ2) is 9.96. The summed E-state index contributed by atoms with van der Waals surface area (Å²) in [5, 5.41) is 25.1. The predicted molar refractivity (Wildman–Crippen MR) is 141 cm³/mol. The number of hydrogen-bond donors (Lipinski definition) is 2. The molecule has 0 saturated carbocycles. The van der Waals surface area contributed by atoms with Gasteiger partial charge in [-0.1, -0.05) is 66.2 Å². The zero-order valence-corrected chi connectivity index (χ0v) is 19.8. The summed E-state index contributed by atoms with van der Waals surface area (Å²) in [6, 6.07) is 26.5. The SMILES string of the molecule is O=C(Nc1oc(-c2ccc(-c3cccc([N+](=O)[O-])c3)cc2O)nc1-c1ccccc1Cl)c1ccccc1. The van der Waals surface area contributed by atoms with Gasteiger partial charge in [0, 0.05) is 23.3 Å². The molecule has 2 N–H and O–H groups in total. The molecule has 4 aromatic carbocycles. The van der Waals surface area contributed by atoms with Gasteiger partial charge >= 0.3 is 0 Å². The molecular weight excluding hydrogens is 494 g/mol. The number of phenolic OH excluding ortho intramolecular Hbond substituents is 1. The van der Waals surface area contributed by atoms with Crippen molar-refractivity contribution in [1.82, 2.24) is 4.98 Å². The van der Waals surface area contributed by atoms with Crippen molar-refractivity contribution in [3.63, 3.8) is 0 Å². The van der Waals surface area contributed by atoms with Crippen molar-refractivity contribution in [2.45, 2.75) is 0 Å². The first kappa shape index (κ1) is 23.8. The minimum Gasteiger partial charge on any atom is -0.507 e. The van der Waals surface area contributed by atoms with Crippen molar-refractivity contribution in [3.05, 3.63) is 118 Å². The van der Waals surface area contributed by atoms with Crippen LogP contribution in [-0.2, 0) is 0 Å². The number of nitrogens with zero attached hydrogens (tertiary/aromatic N) is 2. The number of rotatable bonds is 6. The number of nitrogens with one attached hydrogen (secondary N) is 1. The lowest BCUT2D eigenvalue weighted by Gasteiger charge is -2.06. The zero-order valence-electron chi connectivity index (χ0n) is 19.1. The van der Waals surface area contributed by atoms with Crippen LogP contribution in [0.3, 0.4) is 0 Å². The molecule has 5 aromatic rings. The molecule has 1 aromatic heterocycles. The molecule has 0 bridgehead atoms. The molecule has 0 aliphatic heterocycles. The summed E-state index contributed by atoms with van der Waals surface area (Å²) in [5.41, 5.74) is 2.60. The number of amides is 1. The molecule has 9 heteroatoms. The number of halogens is 1. The number of nitro benzene ring substituents is 1. The van der Waals surface area contributed by atoms with E-state index in [2.05, 4.69) is 10.3 Å². The number of benzene rings is 4. The molecule has 0 atom stereocenters. The number of carbonyl (C=O) groups excluding carboxylic acids is 1. The van der Waals surface area contributed by atoms with E-state index < -0.39 is 10.8 Å². The van der Waals surface area contributed by atoms with Crippen LogP contribution in [0.15, 0.2) is 101 Å². The van der Waals surface area contributed by atoms with Crippen LogP contribution in [-0.4, -0.2) is 20.9 Å². The van der Waals surface area contributed by atoms with E-state index in [0.29, 0.717) is 33.0 Å². The molecule has 182 valence electrons. The molecule has 8 nitrogen and oxygen atoms in total. The first-order valence-electron chi connectivity index (χ1n) is 11.1. The van der Waals surface area contributed by atoms with E-state index >= 15 is 0 Å². The summed E-state index contributed by atoms with van der Waals surface area (Å²) >= 11 is 6.40. The quantitative estimate of drug-likeness (QED) is 0.184. The molecule has 0 radical (unpaired) electrons. The monoisotopic (exact) mass is 511 g/mol. The Morgan fingerprint density at radius 3 is 2.35 bits per heavy atom. The third-order valence-electron chi connectivity index (χ3n) is 5.64. The summed E-state index contributed by atoms with van der Waals surface area (Å²) in [4.78, 5) is 28.0. The second-order valence-corrected chi connectivity index (χ2v) is 8.44. The predicted octanol–water partition coefficient (Wildman–Crippen LogP) is 7.20. The number of phenols is 1. The first-order valence-corrected chi connectivity index (χ1v) is 11.5. The molecule has 0 spiro atoms. The third-order valence-corrected chi connectivity index (χ3v) is 5.97. The lowest BCUT2D eigenvalue weighted by Crippen LogP contribution is -2.11. The van der Waals surface area contributed by atoms with E-state index in [1.165, 1.54) is 18.2 Å². The fourth-order valence-electron chi connectivity index (χ4n) is 3.81. The maximum atomic E-state index is 12.8. The van der Waals surface area contributed by atoms with Crippen LogP contribution < -0.4 is 5.32 Å². The van der Waals surface area contributed by atoms with E-state index in [9.17, 15) is 20.0 Å². The van der Waals surface area contributed by atoms with Gasteiger partial charge in [-0.15, -0.1) is 0 Å².